The highest BCUT2D eigenvalue weighted by atomic mass is 16.1. The molecule has 0 saturated heterocycles. The van der Waals surface area contributed by atoms with Gasteiger partial charge in [0.15, 0.2) is 0 Å². The average molecular weight is 197 g/mol. The van der Waals surface area contributed by atoms with Gasteiger partial charge in [-0.2, -0.15) is 0 Å². The maximum absolute atomic E-state index is 8.35. The maximum Gasteiger partial charge on any atom is 0.231 e. The van der Waals surface area contributed by atoms with Crippen molar-refractivity contribution in [1.29, 1.82) is 5.41 Å². The Morgan fingerprint density at radius 2 is 1.86 bits per heavy atom. The van der Waals surface area contributed by atoms with Gasteiger partial charge in [0.05, 0.1) is 0 Å². The zero-order valence-electron chi connectivity index (χ0n) is 9.73. The molecule has 0 aromatic rings. The molecular weight excluding hydrogens is 174 g/mol. The summed E-state index contributed by atoms with van der Waals surface area (Å²) in [5.74, 6) is 0.978. The fraction of sp³-hybridized carbons (Fsp3) is 0.917. The predicted octanol–water partition coefficient (Wildman–Crippen LogP) is 3.90. The second-order valence-electron chi connectivity index (χ2n) is 4.32. The largest absolute Gasteiger partial charge is 0.231 e. The van der Waals surface area contributed by atoms with Crippen LogP contribution in [0.1, 0.15) is 59.3 Å². The first-order chi connectivity index (χ1) is 6.66. The third-order valence-electron chi connectivity index (χ3n) is 4.02. The van der Waals surface area contributed by atoms with Crippen LogP contribution in [0.4, 0.5) is 0 Å². The molecule has 2 nitrogen and oxygen atoms in total. The second kappa shape index (κ2) is 6.78. The molecule has 0 heterocycles. The number of carbonyl (C=O) groups excluding carboxylic acids is 1. The molecule has 1 saturated carbocycles. The van der Waals surface area contributed by atoms with Gasteiger partial charge in [0, 0.05) is 0 Å². The van der Waals surface area contributed by atoms with Crippen LogP contribution in [0.3, 0.4) is 0 Å². The van der Waals surface area contributed by atoms with Crippen molar-refractivity contribution in [2.45, 2.75) is 59.3 Å². The normalized spacial score (nSPS) is 24.4. The molecule has 82 valence electrons. The van der Waals surface area contributed by atoms with E-state index in [0.29, 0.717) is 0 Å². The minimum absolute atomic E-state index is 0.720. The topological polar surface area (TPSA) is 40.9 Å². The van der Waals surface area contributed by atoms with Crippen LogP contribution in [0, 0.1) is 16.7 Å². The Hall–Kier alpha value is -0.620. The Morgan fingerprint density at radius 1 is 1.36 bits per heavy atom. The van der Waals surface area contributed by atoms with E-state index in [0.717, 1.165) is 17.4 Å². The van der Waals surface area contributed by atoms with Gasteiger partial charge >= 0.3 is 0 Å². The molecule has 1 aliphatic rings. The smallest absolute Gasteiger partial charge is 0.222 e. The molecule has 0 aromatic carbocycles. The van der Waals surface area contributed by atoms with E-state index in [-0.39, 0.29) is 0 Å². The summed E-state index contributed by atoms with van der Waals surface area (Å²) in [7, 11) is 0. The molecule has 1 N–H and O–H groups in total. The highest BCUT2D eigenvalue weighted by Gasteiger charge is 2.34. The Kier molecular flexibility index (Phi) is 6.48. The van der Waals surface area contributed by atoms with Gasteiger partial charge in [-0.3, -0.25) is 0 Å². The van der Waals surface area contributed by atoms with Crippen molar-refractivity contribution < 1.29 is 4.79 Å². The molecule has 0 bridgehead atoms. The molecule has 1 unspecified atom stereocenters. The number of hydrogen-bond donors (Lipinski definition) is 1. The minimum Gasteiger partial charge on any atom is -0.222 e. The van der Waals surface area contributed by atoms with Crippen molar-refractivity contribution in [1.82, 2.24) is 0 Å². The van der Waals surface area contributed by atoms with Crippen LogP contribution < -0.4 is 0 Å². The fourth-order valence-electron chi connectivity index (χ4n) is 2.78. The Bertz CT molecular complexity index is 179. The van der Waals surface area contributed by atoms with Gasteiger partial charge in [0.25, 0.3) is 0 Å². The molecule has 1 fully saturated rings. The van der Waals surface area contributed by atoms with Crippen LogP contribution in [0.5, 0.6) is 0 Å². The van der Waals surface area contributed by atoms with E-state index in [4.69, 9.17) is 10.2 Å². The first-order valence-electron chi connectivity index (χ1n) is 5.70. The van der Waals surface area contributed by atoms with Crippen molar-refractivity contribution >= 4 is 6.08 Å². The molecule has 0 amide bonds. The zero-order chi connectivity index (χ0) is 11.0. The Balaban J connectivity index is 0.000000500. The molecule has 1 aliphatic carbocycles. The first-order valence-corrected chi connectivity index (χ1v) is 5.70. The van der Waals surface area contributed by atoms with E-state index >= 15 is 0 Å². The standard InChI is InChI=1S/C11H22.CHNO/c1-4-11(5-2)9-7-6-8-10(11)3;2-1-3/h10H,4-9H2,1-3H3;2H. The number of nitrogens with one attached hydrogen (secondary N) is 1. The lowest BCUT2D eigenvalue weighted by atomic mass is 9.64. The molecule has 0 aliphatic heterocycles. The average Bonchev–Trinajstić information content (AvgIpc) is 2.20. The summed E-state index contributed by atoms with van der Waals surface area (Å²) in [4.78, 5) is 8.35. The minimum atomic E-state index is 0.720. The monoisotopic (exact) mass is 197 g/mol. The Labute approximate surface area is 87.6 Å². The van der Waals surface area contributed by atoms with E-state index in [9.17, 15) is 0 Å². The van der Waals surface area contributed by atoms with Crippen molar-refractivity contribution in [2.24, 2.45) is 11.3 Å². The Morgan fingerprint density at radius 3 is 2.14 bits per heavy atom. The van der Waals surface area contributed by atoms with Crippen molar-refractivity contribution in [2.75, 3.05) is 0 Å². The number of isocyanates is 1. The lowest BCUT2D eigenvalue weighted by Crippen LogP contribution is -2.30. The molecular formula is C12H23NO. The fourth-order valence-corrected chi connectivity index (χ4v) is 2.78. The molecule has 0 spiro atoms. The van der Waals surface area contributed by atoms with Crippen LogP contribution in [-0.2, 0) is 4.79 Å². The third-order valence-corrected chi connectivity index (χ3v) is 4.02. The van der Waals surface area contributed by atoms with E-state index in [1.165, 1.54) is 38.5 Å². The molecule has 0 aromatic heterocycles. The van der Waals surface area contributed by atoms with Crippen LogP contribution in [0.2, 0.25) is 0 Å². The highest BCUT2D eigenvalue weighted by molar-refractivity contribution is 5.26. The molecule has 1 atom stereocenters. The summed E-state index contributed by atoms with van der Waals surface area (Å²) >= 11 is 0. The summed E-state index contributed by atoms with van der Waals surface area (Å²) in [5, 5.41) is 5.40. The van der Waals surface area contributed by atoms with E-state index in [2.05, 4.69) is 20.8 Å². The van der Waals surface area contributed by atoms with Crippen LogP contribution >= 0.6 is 0 Å². The van der Waals surface area contributed by atoms with Crippen molar-refractivity contribution in [3.05, 3.63) is 0 Å². The molecule has 2 heteroatoms. The third kappa shape index (κ3) is 3.26. The van der Waals surface area contributed by atoms with Gasteiger partial charge in [-0.25, -0.2) is 10.2 Å². The quantitative estimate of drug-likeness (QED) is 0.529. The van der Waals surface area contributed by atoms with Crippen LogP contribution in [0.15, 0.2) is 0 Å². The lowest BCUT2D eigenvalue weighted by molar-refractivity contribution is 0.0961. The molecule has 1 rings (SSSR count). The van der Waals surface area contributed by atoms with Crippen LogP contribution in [0.25, 0.3) is 0 Å². The van der Waals surface area contributed by atoms with Crippen molar-refractivity contribution in [3.63, 3.8) is 0 Å². The van der Waals surface area contributed by atoms with Crippen LogP contribution in [-0.4, -0.2) is 6.08 Å². The summed E-state index contributed by atoms with van der Waals surface area (Å²) in [6, 6.07) is 0. The first kappa shape index (κ1) is 13.4. The van der Waals surface area contributed by atoms with Crippen molar-refractivity contribution in [3.8, 4) is 0 Å². The van der Waals surface area contributed by atoms with E-state index in [1.807, 2.05) is 0 Å². The van der Waals surface area contributed by atoms with Gasteiger partial charge in [-0.1, -0.05) is 52.9 Å². The van der Waals surface area contributed by atoms with E-state index in [1.54, 1.807) is 0 Å². The van der Waals surface area contributed by atoms with Gasteiger partial charge in [-0.05, 0) is 17.8 Å². The summed E-state index contributed by atoms with van der Waals surface area (Å²) < 4.78 is 0. The molecule has 14 heavy (non-hydrogen) atoms. The second-order valence-corrected chi connectivity index (χ2v) is 4.32. The molecule has 0 radical (unpaired) electrons. The summed E-state index contributed by atoms with van der Waals surface area (Å²) in [5.41, 5.74) is 0.720. The lowest BCUT2D eigenvalue weighted by Gasteiger charge is -2.41. The van der Waals surface area contributed by atoms with E-state index < -0.39 is 0 Å². The number of rotatable bonds is 2. The van der Waals surface area contributed by atoms with Gasteiger partial charge < -0.3 is 0 Å². The highest BCUT2D eigenvalue weighted by Crippen LogP contribution is 2.45. The SMILES string of the molecule is CCC1(CC)CCCCC1C.N=C=O. The van der Waals surface area contributed by atoms with Gasteiger partial charge in [-0.15, -0.1) is 0 Å². The summed E-state index contributed by atoms with van der Waals surface area (Å²) in [6.45, 7) is 7.18. The van der Waals surface area contributed by atoms with Gasteiger partial charge in [0.1, 0.15) is 0 Å². The van der Waals surface area contributed by atoms with Gasteiger partial charge in [0.2, 0.25) is 6.08 Å². The maximum atomic E-state index is 8.35. The predicted molar refractivity (Wildman–Crippen MR) is 59.1 cm³/mol. The zero-order valence-corrected chi connectivity index (χ0v) is 9.73. The summed E-state index contributed by atoms with van der Waals surface area (Å²) in [6.07, 6.45) is 9.45. The number of hydrogen-bond acceptors (Lipinski definition) is 2.